The Morgan fingerprint density at radius 3 is 2.56 bits per heavy atom. The molecule has 0 spiro atoms. The molecule has 2 rings (SSSR count). The largest absolute Gasteiger partial charge is 0.349 e. The molecule has 1 aromatic carbocycles. The van der Waals surface area contributed by atoms with Crippen LogP contribution >= 0.6 is 27.5 Å². The van der Waals surface area contributed by atoms with Crippen molar-refractivity contribution in [3.05, 3.63) is 27.2 Å². The zero-order valence-electron chi connectivity index (χ0n) is 9.11. The van der Waals surface area contributed by atoms with E-state index < -0.39 is 15.9 Å². The van der Waals surface area contributed by atoms with Crippen molar-refractivity contribution >= 4 is 43.5 Å². The molecule has 1 amide bonds. The van der Waals surface area contributed by atoms with Crippen LogP contribution in [0.2, 0.25) is 5.02 Å². The number of carbonyl (C=O) groups excluding carboxylic acids is 1. The SMILES string of the molecule is NS(=O)(=O)c1cc(Br)c(Cl)c(C(=O)NC2CC2)c1. The van der Waals surface area contributed by atoms with E-state index in [4.69, 9.17) is 16.7 Å². The molecule has 1 aromatic rings. The average Bonchev–Trinajstić information content (AvgIpc) is 3.03. The molecule has 0 aromatic heterocycles. The molecule has 0 atom stereocenters. The van der Waals surface area contributed by atoms with Gasteiger partial charge in [-0.25, -0.2) is 13.6 Å². The van der Waals surface area contributed by atoms with Gasteiger partial charge in [-0.05, 0) is 40.9 Å². The van der Waals surface area contributed by atoms with Crippen molar-refractivity contribution in [3.63, 3.8) is 0 Å². The fraction of sp³-hybridized carbons (Fsp3) is 0.300. The molecule has 0 radical (unpaired) electrons. The summed E-state index contributed by atoms with van der Waals surface area (Å²) in [4.78, 5) is 11.7. The van der Waals surface area contributed by atoms with Crippen molar-refractivity contribution in [1.29, 1.82) is 0 Å². The Bertz CT molecular complexity index is 614. The van der Waals surface area contributed by atoms with E-state index in [9.17, 15) is 13.2 Å². The van der Waals surface area contributed by atoms with Crippen LogP contribution in [0.25, 0.3) is 0 Å². The molecule has 0 aliphatic heterocycles. The Labute approximate surface area is 118 Å². The number of hydrogen-bond acceptors (Lipinski definition) is 3. The van der Waals surface area contributed by atoms with Crippen LogP contribution in [0, 0.1) is 0 Å². The summed E-state index contributed by atoms with van der Waals surface area (Å²) in [5.41, 5.74) is 0.0990. The molecular formula is C10H10BrClN2O3S. The van der Waals surface area contributed by atoms with Crippen molar-refractivity contribution in [2.24, 2.45) is 5.14 Å². The Balaban J connectivity index is 2.44. The van der Waals surface area contributed by atoms with Gasteiger partial charge in [-0.2, -0.15) is 0 Å². The van der Waals surface area contributed by atoms with E-state index in [2.05, 4.69) is 21.2 Å². The van der Waals surface area contributed by atoms with Crippen LogP contribution in [-0.2, 0) is 10.0 Å². The summed E-state index contributed by atoms with van der Waals surface area (Å²) in [6.07, 6.45) is 1.86. The third-order valence-electron chi connectivity index (χ3n) is 2.49. The van der Waals surface area contributed by atoms with E-state index in [1.54, 1.807) is 0 Å². The van der Waals surface area contributed by atoms with Crippen LogP contribution in [-0.4, -0.2) is 20.4 Å². The van der Waals surface area contributed by atoms with Gasteiger partial charge in [0, 0.05) is 10.5 Å². The zero-order chi connectivity index (χ0) is 13.5. The van der Waals surface area contributed by atoms with Crippen LogP contribution in [0.5, 0.6) is 0 Å². The molecule has 0 saturated heterocycles. The second-order valence-electron chi connectivity index (χ2n) is 4.06. The smallest absolute Gasteiger partial charge is 0.253 e. The topological polar surface area (TPSA) is 89.3 Å². The molecule has 0 heterocycles. The number of amides is 1. The van der Waals surface area contributed by atoms with Gasteiger partial charge in [0.15, 0.2) is 0 Å². The van der Waals surface area contributed by atoms with Gasteiger partial charge in [-0.1, -0.05) is 11.6 Å². The van der Waals surface area contributed by atoms with Crippen molar-refractivity contribution in [2.45, 2.75) is 23.8 Å². The van der Waals surface area contributed by atoms with Crippen LogP contribution < -0.4 is 10.5 Å². The van der Waals surface area contributed by atoms with Crippen molar-refractivity contribution < 1.29 is 13.2 Å². The standard InChI is InChI=1S/C10H10BrClN2O3S/c11-8-4-6(18(13,16)17)3-7(9(8)12)10(15)14-5-1-2-5/h3-5H,1-2H2,(H,14,15)(H2,13,16,17). The zero-order valence-corrected chi connectivity index (χ0v) is 12.3. The van der Waals surface area contributed by atoms with Gasteiger partial charge in [0.25, 0.3) is 5.91 Å². The first-order valence-electron chi connectivity index (χ1n) is 5.12. The Morgan fingerprint density at radius 2 is 2.06 bits per heavy atom. The molecule has 5 nitrogen and oxygen atoms in total. The van der Waals surface area contributed by atoms with Gasteiger partial charge in [-0.3, -0.25) is 4.79 Å². The summed E-state index contributed by atoms with van der Waals surface area (Å²) in [5.74, 6) is -0.395. The van der Waals surface area contributed by atoms with Crippen molar-refractivity contribution in [3.8, 4) is 0 Å². The molecule has 18 heavy (non-hydrogen) atoms. The molecule has 1 aliphatic carbocycles. The minimum Gasteiger partial charge on any atom is -0.349 e. The number of nitrogens with two attached hydrogens (primary N) is 1. The lowest BCUT2D eigenvalue weighted by Gasteiger charge is -2.09. The molecule has 1 fully saturated rings. The van der Waals surface area contributed by atoms with Crippen molar-refractivity contribution in [2.75, 3.05) is 0 Å². The van der Waals surface area contributed by atoms with E-state index in [0.717, 1.165) is 12.8 Å². The van der Waals surface area contributed by atoms with E-state index in [0.29, 0.717) is 4.47 Å². The van der Waals surface area contributed by atoms with Gasteiger partial charge in [0.1, 0.15) is 0 Å². The number of sulfonamides is 1. The number of hydrogen-bond donors (Lipinski definition) is 2. The number of nitrogens with one attached hydrogen (secondary N) is 1. The first kappa shape index (κ1) is 13.8. The molecule has 1 aliphatic rings. The lowest BCUT2D eigenvalue weighted by Crippen LogP contribution is -2.26. The van der Waals surface area contributed by atoms with Crippen LogP contribution in [0.4, 0.5) is 0 Å². The van der Waals surface area contributed by atoms with E-state index in [1.165, 1.54) is 12.1 Å². The van der Waals surface area contributed by atoms with E-state index in [-0.39, 0.29) is 21.5 Å². The summed E-state index contributed by atoms with van der Waals surface area (Å²) in [7, 11) is -3.88. The Morgan fingerprint density at radius 1 is 1.44 bits per heavy atom. The molecule has 1 saturated carbocycles. The maximum absolute atomic E-state index is 11.9. The molecule has 3 N–H and O–H groups in total. The lowest BCUT2D eigenvalue weighted by molar-refractivity contribution is 0.0951. The van der Waals surface area contributed by atoms with Gasteiger partial charge < -0.3 is 5.32 Å². The second-order valence-corrected chi connectivity index (χ2v) is 6.85. The van der Waals surface area contributed by atoms with Crippen LogP contribution in [0.3, 0.4) is 0 Å². The summed E-state index contributed by atoms with van der Waals surface area (Å²) < 4.78 is 22.9. The highest BCUT2D eigenvalue weighted by molar-refractivity contribution is 9.10. The highest BCUT2D eigenvalue weighted by Crippen LogP contribution is 2.30. The fourth-order valence-corrected chi connectivity index (χ4v) is 2.76. The molecular weight excluding hydrogens is 344 g/mol. The van der Waals surface area contributed by atoms with Gasteiger partial charge in [0.2, 0.25) is 10.0 Å². The maximum atomic E-state index is 11.9. The van der Waals surface area contributed by atoms with E-state index in [1.807, 2.05) is 0 Å². The normalized spacial score (nSPS) is 15.5. The fourth-order valence-electron chi connectivity index (χ4n) is 1.38. The third-order valence-corrected chi connectivity index (χ3v) is 4.64. The minimum absolute atomic E-state index is 0.0990. The monoisotopic (exact) mass is 352 g/mol. The number of carbonyl (C=O) groups is 1. The van der Waals surface area contributed by atoms with E-state index >= 15 is 0 Å². The average molecular weight is 354 g/mol. The molecule has 98 valence electrons. The third kappa shape index (κ3) is 3.03. The lowest BCUT2D eigenvalue weighted by atomic mass is 10.2. The van der Waals surface area contributed by atoms with Gasteiger partial charge >= 0.3 is 0 Å². The Kier molecular flexibility index (Phi) is 3.68. The van der Waals surface area contributed by atoms with Gasteiger partial charge in [-0.15, -0.1) is 0 Å². The summed E-state index contributed by atoms with van der Waals surface area (Å²) in [5, 5.41) is 7.94. The number of primary sulfonamides is 1. The summed E-state index contributed by atoms with van der Waals surface area (Å²) >= 11 is 9.08. The summed E-state index contributed by atoms with van der Waals surface area (Å²) in [6.45, 7) is 0. The molecule has 0 bridgehead atoms. The predicted octanol–water partition coefficient (Wildman–Crippen LogP) is 1.64. The number of rotatable bonds is 3. The van der Waals surface area contributed by atoms with Crippen LogP contribution in [0.1, 0.15) is 23.2 Å². The van der Waals surface area contributed by atoms with Crippen molar-refractivity contribution in [1.82, 2.24) is 5.32 Å². The molecule has 8 heteroatoms. The second kappa shape index (κ2) is 4.80. The predicted molar refractivity (Wildman–Crippen MR) is 71.0 cm³/mol. The molecule has 0 unspecified atom stereocenters. The minimum atomic E-state index is -3.88. The highest BCUT2D eigenvalue weighted by Gasteiger charge is 2.26. The number of benzene rings is 1. The van der Waals surface area contributed by atoms with Gasteiger partial charge in [0.05, 0.1) is 15.5 Å². The maximum Gasteiger partial charge on any atom is 0.253 e. The van der Waals surface area contributed by atoms with Crippen LogP contribution in [0.15, 0.2) is 21.5 Å². The highest BCUT2D eigenvalue weighted by atomic mass is 79.9. The Hall–Kier alpha value is -0.630. The first-order chi connectivity index (χ1) is 8.29. The first-order valence-corrected chi connectivity index (χ1v) is 7.83. The number of halogens is 2. The quantitative estimate of drug-likeness (QED) is 0.865. The summed E-state index contributed by atoms with van der Waals surface area (Å²) in [6, 6.07) is 2.61.